The predicted molar refractivity (Wildman–Crippen MR) is 169 cm³/mol. The van der Waals surface area contributed by atoms with Gasteiger partial charge in [0, 0.05) is 25.0 Å². The number of anilines is 1. The zero-order valence-electron chi connectivity index (χ0n) is 24.0. The molecule has 1 atom stereocenters. The molecule has 8 nitrogen and oxygen atoms in total. The Morgan fingerprint density at radius 3 is 2.09 bits per heavy atom. The molecule has 0 fully saturated rings. The Balaban J connectivity index is 1.75. The summed E-state index contributed by atoms with van der Waals surface area (Å²) in [5.74, 6) is -0.395. The maximum atomic E-state index is 14.3. The number of hydrogen-bond donors (Lipinski definition) is 1. The predicted octanol–water partition coefficient (Wildman–Crippen LogP) is 5.32. The topological polar surface area (TPSA) is 96.0 Å². The van der Waals surface area contributed by atoms with E-state index in [2.05, 4.69) is 5.32 Å². The number of carbonyl (C=O) groups excluding carboxylic acids is 2. The molecule has 4 rings (SSSR count). The van der Waals surface area contributed by atoms with Gasteiger partial charge >= 0.3 is 0 Å². The van der Waals surface area contributed by atoms with Gasteiger partial charge in [-0.1, -0.05) is 72.3 Å². The van der Waals surface area contributed by atoms with Crippen LogP contribution in [0.25, 0.3) is 0 Å². The Labute approximate surface area is 257 Å². The molecule has 1 N–H and O–H groups in total. The van der Waals surface area contributed by atoms with Gasteiger partial charge in [-0.25, -0.2) is 8.42 Å². The highest BCUT2D eigenvalue weighted by Gasteiger charge is 2.34. The molecule has 4 aromatic carbocycles. The van der Waals surface area contributed by atoms with Crippen molar-refractivity contribution in [3.63, 3.8) is 0 Å². The molecule has 0 saturated heterocycles. The minimum Gasteiger partial charge on any atom is -0.494 e. The number of hydrogen-bond acceptors (Lipinski definition) is 5. The first-order chi connectivity index (χ1) is 20.7. The van der Waals surface area contributed by atoms with Gasteiger partial charge in [0.05, 0.1) is 17.2 Å². The second kappa shape index (κ2) is 14.7. The summed E-state index contributed by atoms with van der Waals surface area (Å²) in [5, 5.41) is 3.15. The van der Waals surface area contributed by atoms with Gasteiger partial charge in [0.2, 0.25) is 11.8 Å². The molecule has 0 heterocycles. The van der Waals surface area contributed by atoms with Crippen molar-refractivity contribution >= 4 is 39.1 Å². The zero-order chi connectivity index (χ0) is 30.8. The van der Waals surface area contributed by atoms with Gasteiger partial charge in [-0.05, 0) is 66.6 Å². The first-order valence-electron chi connectivity index (χ1n) is 13.8. The van der Waals surface area contributed by atoms with Gasteiger partial charge in [0.15, 0.2) is 0 Å². The number of amides is 2. The zero-order valence-corrected chi connectivity index (χ0v) is 25.6. The van der Waals surface area contributed by atoms with Gasteiger partial charge in [-0.2, -0.15) is 0 Å². The lowest BCUT2D eigenvalue weighted by Crippen LogP contribution is -2.53. The minimum absolute atomic E-state index is 0.00105. The van der Waals surface area contributed by atoms with Crippen LogP contribution in [0.4, 0.5) is 5.69 Å². The second-order valence-electron chi connectivity index (χ2n) is 9.72. The van der Waals surface area contributed by atoms with Crippen LogP contribution in [0.15, 0.2) is 114 Å². The van der Waals surface area contributed by atoms with Crippen LogP contribution in [-0.4, -0.2) is 51.4 Å². The number of benzene rings is 4. The maximum absolute atomic E-state index is 14.3. The quantitative estimate of drug-likeness (QED) is 0.219. The SMILES string of the molecule is CCOc1ccc(S(=O)(=O)N(CC(=O)N(Cc2cccc(Cl)c2)[C@@H](Cc2ccccc2)C(=O)NC)c2ccccc2)cc1. The number of sulfonamides is 1. The highest BCUT2D eigenvalue weighted by atomic mass is 35.5. The summed E-state index contributed by atoms with van der Waals surface area (Å²) >= 11 is 6.25. The normalized spacial score (nSPS) is 11.8. The van der Waals surface area contributed by atoms with E-state index in [1.807, 2.05) is 37.3 Å². The van der Waals surface area contributed by atoms with Gasteiger partial charge in [0.1, 0.15) is 18.3 Å². The summed E-state index contributed by atoms with van der Waals surface area (Å²) in [6.07, 6.45) is 0.226. The van der Waals surface area contributed by atoms with E-state index >= 15 is 0 Å². The molecule has 4 aromatic rings. The van der Waals surface area contributed by atoms with Crippen molar-refractivity contribution in [1.82, 2.24) is 10.2 Å². The molecule has 0 aliphatic carbocycles. The van der Waals surface area contributed by atoms with Crippen molar-refractivity contribution in [2.24, 2.45) is 0 Å². The van der Waals surface area contributed by atoms with E-state index in [9.17, 15) is 18.0 Å². The van der Waals surface area contributed by atoms with Crippen LogP contribution in [-0.2, 0) is 32.6 Å². The van der Waals surface area contributed by atoms with Crippen molar-refractivity contribution in [2.75, 3.05) is 24.5 Å². The van der Waals surface area contributed by atoms with Gasteiger partial charge in [0.25, 0.3) is 10.0 Å². The summed E-state index contributed by atoms with van der Waals surface area (Å²) < 4.78 is 34.6. The Morgan fingerprint density at radius 1 is 0.860 bits per heavy atom. The third-order valence-electron chi connectivity index (χ3n) is 6.81. The van der Waals surface area contributed by atoms with E-state index in [4.69, 9.17) is 16.3 Å². The minimum atomic E-state index is -4.20. The molecule has 0 aliphatic rings. The van der Waals surface area contributed by atoms with Crippen LogP contribution in [0.1, 0.15) is 18.1 Å². The number of para-hydroxylation sites is 1. The maximum Gasteiger partial charge on any atom is 0.264 e. The molecule has 224 valence electrons. The highest BCUT2D eigenvalue weighted by Crippen LogP contribution is 2.26. The summed E-state index contributed by atoms with van der Waals surface area (Å²) in [5.41, 5.74) is 1.86. The van der Waals surface area contributed by atoms with Crippen molar-refractivity contribution < 1.29 is 22.7 Å². The highest BCUT2D eigenvalue weighted by molar-refractivity contribution is 7.92. The number of rotatable bonds is 13. The molecule has 0 spiro atoms. The molecule has 0 saturated carbocycles. The number of carbonyl (C=O) groups is 2. The molecule has 0 bridgehead atoms. The molecule has 0 aromatic heterocycles. The molecular weight excluding hydrogens is 586 g/mol. The standard InChI is InChI=1S/C33H34ClN3O5S/c1-3-42-29-17-19-30(20-18-29)43(40,41)37(28-15-8-5-9-16-28)24-32(38)36(23-26-13-10-14-27(34)21-26)31(33(39)35-2)22-25-11-6-4-7-12-25/h4-21,31H,3,22-24H2,1-2H3,(H,35,39)/t31-/m0/s1. The number of likely N-dealkylation sites (N-methyl/N-ethyl adjacent to an activating group) is 1. The van der Waals surface area contributed by atoms with E-state index in [1.165, 1.54) is 24.1 Å². The average molecular weight is 620 g/mol. The monoisotopic (exact) mass is 619 g/mol. The van der Waals surface area contributed by atoms with E-state index in [0.717, 1.165) is 9.87 Å². The Bertz CT molecular complexity index is 1620. The molecule has 2 amide bonds. The van der Waals surface area contributed by atoms with Crippen LogP contribution < -0.4 is 14.4 Å². The lowest BCUT2D eigenvalue weighted by molar-refractivity contribution is -0.139. The van der Waals surface area contributed by atoms with Crippen molar-refractivity contribution in [3.8, 4) is 5.75 Å². The number of nitrogens with zero attached hydrogens (tertiary/aromatic N) is 2. The van der Waals surface area contributed by atoms with Crippen molar-refractivity contribution in [2.45, 2.75) is 30.8 Å². The van der Waals surface area contributed by atoms with Crippen molar-refractivity contribution in [3.05, 3.63) is 125 Å². The summed E-state index contributed by atoms with van der Waals surface area (Å²) in [6.45, 7) is 1.78. The molecule has 10 heteroatoms. The molecular formula is C33H34ClN3O5S. The van der Waals surface area contributed by atoms with E-state index in [0.29, 0.717) is 28.6 Å². The van der Waals surface area contributed by atoms with Gasteiger partial charge < -0.3 is 15.0 Å². The third-order valence-corrected chi connectivity index (χ3v) is 8.83. The number of halogens is 1. The van der Waals surface area contributed by atoms with E-state index in [1.54, 1.807) is 66.7 Å². The van der Waals surface area contributed by atoms with E-state index in [-0.39, 0.29) is 23.8 Å². The molecule has 0 radical (unpaired) electrons. The first kappa shape index (κ1) is 31.6. The smallest absolute Gasteiger partial charge is 0.264 e. The van der Waals surface area contributed by atoms with Gasteiger partial charge in [-0.15, -0.1) is 0 Å². The Kier molecular flexibility index (Phi) is 10.8. The van der Waals surface area contributed by atoms with Crippen LogP contribution in [0.5, 0.6) is 5.75 Å². The number of ether oxygens (including phenoxy) is 1. The van der Waals surface area contributed by atoms with Crippen LogP contribution in [0.3, 0.4) is 0 Å². The molecule has 0 unspecified atom stereocenters. The molecule has 0 aliphatic heterocycles. The van der Waals surface area contributed by atoms with Crippen LogP contribution >= 0.6 is 11.6 Å². The first-order valence-corrected chi connectivity index (χ1v) is 15.6. The van der Waals surface area contributed by atoms with Crippen molar-refractivity contribution in [1.29, 1.82) is 0 Å². The van der Waals surface area contributed by atoms with Crippen LogP contribution in [0.2, 0.25) is 5.02 Å². The van der Waals surface area contributed by atoms with Gasteiger partial charge in [-0.3, -0.25) is 13.9 Å². The Hall–Kier alpha value is -4.34. The Morgan fingerprint density at radius 2 is 1.49 bits per heavy atom. The lowest BCUT2D eigenvalue weighted by Gasteiger charge is -2.33. The fraction of sp³-hybridized carbons (Fsp3) is 0.212. The average Bonchev–Trinajstić information content (AvgIpc) is 3.02. The fourth-order valence-electron chi connectivity index (χ4n) is 4.68. The van der Waals surface area contributed by atoms with Crippen LogP contribution in [0, 0.1) is 0 Å². The summed E-state index contributed by atoms with van der Waals surface area (Å²) in [7, 11) is -2.69. The van der Waals surface area contributed by atoms with E-state index < -0.39 is 28.5 Å². The molecule has 43 heavy (non-hydrogen) atoms. The summed E-state index contributed by atoms with van der Waals surface area (Å²) in [4.78, 5) is 29.0. The second-order valence-corrected chi connectivity index (χ2v) is 12.0. The fourth-order valence-corrected chi connectivity index (χ4v) is 6.30. The summed E-state index contributed by atoms with van der Waals surface area (Å²) in [6, 6.07) is 29.9. The largest absolute Gasteiger partial charge is 0.494 e. The lowest BCUT2D eigenvalue weighted by atomic mass is 10.0. The number of nitrogens with one attached hydrogen (secondary N) is 1. The third kappa shape index (κ3) is 8.15.